The average Bonchev–Trinajstić information content (AvgIpc) is 2.57. The van der Waals surface area contributed by atoms with Crippen LogP contribution in [0.4, 0.5) is 4.39 Å². The van der Waals surface area contributed by atoms with Crippen LogP contribution in [0.3, 0.4) is 0 Å². The molecule has 0 aliphatic heterocycles. The summed E-state index contributed by atoms with van der Waals surface area (Å²) in [4.78, 5) is 23.7. The van der Waals surface area contributed by atoms with Crippen molar-refractivity contribution in [2.24, 2.45) is 0 Å². The van der Waals surface area contributed by atoms with Gasteiger partial charge in [0, 0.05) is 5.02 Å². The van der Waals surface area contributed by atoms with Crippen molar-refractivity contribution in [3.05, 3.63) is 64.9 Å². The molecule has 0 saturated carbocycles. The van der Waals surface area contributed by atoms with Gasteiger partial charge in [-0.1, -0.05) is 23.7 Å². The first-order valence-corrected chi connectivity index (χ1v) is 7.57. The molecule has 0 aliphatic rings. The van der Waals surface area contributed by atoms with Gasteiger partial charge in [-0.25, -0.2) is 4.39 Å². The molecule has 7 heteroatoms. The quantitative estimate of drug-likeness (QED) is 0.815. The van der Waals surface area contributed by atoms with Gasteiger partial charge in [0.25, 0.3) is 5.91 Å². The van der Waals surface area contributed by atoms with Crippen molar-refractivity contribution in [1.82, 2.24) is 10.9 Å². The highest BCUT2D eigenvalue weighted by atomic mass is 35.5. The van der Waals surface area contributed by atoms with Crippen LogP contribution in [-0.2, 0) is 16.0 Å². The fourth-order valence-corrected chi connectivity index (χ4v) is 1.96. The number of carbonyl (C=O) groups excluding carboxylic acids is 2. The van der Waals surface area contributed by atoms with E-state index < -0.39 is 17.8 Å². The standard InChI is InChI=1S/C17H16ClFN2O3/c1-11(24-15-8-6-14(19)7-9-15)17(23)21-20-16(22)10-12-2-4-13(18)5-3-12/h2-9,11H,10H2,1H3,(H,20,22)(H,21,23). The van der Waals surface area contributed by atoms with E-state index in [9.17, 15) is 14.0 Å². The Balaban J connectivity index is 1.77. The van der Waals surface area contributed by atoms with Gasteiger partial charge >= 0.3 is 0 Å². The molecule has 0 saturated heterocycles. The third-order valence-electron chi connectivity index (χ3n) is 3.10. The van der Waals surface area contributed by atoms with E-state index in [1.165, 1.54) is 31.2 Å². The molecule has 0 aliphatic carbocycles. The topological polar surface area (TPSA) is 67.4 Å². The Kier molecular flexibility index (Phi) is 6.14. The smallest absolute Gasteiger partial charge is 0.279 e. The van der Waals surface area contributed by atoms with E-state index in [2.05, 4.69) is 10.9 Å². The highest BCUT2D eigenvalue weighted by molar-refractivity contribution is 6.30. The molecular weight excluding hydrogens is 335 g/mol. The van der Waals surface area contributed by atoms with Crippen molar-refractivity contribution in [2.45, 2.75) is 19.4 Å². The first-order chi connectivity index (χ1) is 11.4. The van der Waals surface area contributed by atoms with E-state index in [1.54, 1.807) is 24.3 Å². The molecule has 5 nitrogen and oxygen atoms in total. The average molecular weight is 351 g/mol. The molecule has 2 N–H and O–H groups in total. The number of hydrazine groups is 1. The normalized spacial score (nSPS) is 11.5. The van der Waals surface area contributed by atoms with Crippen LogP contribution in [0, 0.1) is 5.82 Å². The summed E-state index contributed by atoms with van der Waals surface area (Å²) in [6.45, 7) is 1.52. The number of nitrogens with one attached hydrogen (secondary N) is 2. The van der Waals surface area contributed by atoms with Crippen molar-refractivity contribution >= 4 is 23.4 Å². The van der Waals surface area contributed by atoms with Gasteiger partial charge in [-0.05, 0) is 48.9 Å². The number of carbonyl (C=O) groups is 2. The molecule has 0 fully saturated rings. The summed E-state index contributed by atoms with van der Waals surface area (Å²) in [6.07, 6.45) is -0.753. The Bertz CT molecular complexity index is 705. The van der Waals surface area contributed by atoms with Crippen molar-refractivity contribution in [3.8, 4) is 5.75 Å². The summed E-state index contributed by atoms with van der Waals surface area (Å²) in [5.74, 6) is -0.941. The van der Waals surface area contributed by atoms with Crippen LogP contribution < -0.4 is 15.6 Å². The Morgan fingerprint density at radius 3 is 2.33 bits per heavy atom. The van der Waals surface area contributed by atoms with Crippen molar-refractivity contribution in [2.75, 3.05) is 0 Å². The van der Waals surface area contributed by atoms with Gasteiger partial charge in [0.05, 0.1) is 6.42 Å². The molecule has 0 spiro atoms. The zero-order valence-corrected chi connectivity index (χ0v) is 13.6. The molecular formula is C17H16ClFN2O3. The van der Waals surface area contributed by atoms with Crippen LogP contribution in [0.1, 0.15) is 12.5 Å². The van der Waals surface area contributed by atoms with E-state index in [0.717, 1.165) is 5.56 Å². The Labute approximate surface area is 143 Å². The molecule has 0 bridgehead atoms. The molecule has 0 heterocycles. The van der Waals surface area contributed by atoms with E-state index >= 15 is 0 Å². The third kappa shape index (κ3) is 5.55. The fourth-order valence-electron chi connectivity index (χ4n) is 1.84. The van der Waals surface area contributed by atoms with Gasteiger partial charge < -0.3 is 4.74 Å². The van der Waals surface area contributed by atoms with Crippen LogP contribution in [0.15, 0.2) is 48.5 Å². The van der Waals surface area contributed by atoms with Crippen LogP contribution in [0.25, 0.3) is 0 Å². The van der Waals surface area contributed by atoms with E-state index in [-0.39, 0.29) is 12.3 Å². The number of hydrogen-bond acceptors (Lipinski definition) is 3. The molecule has 2 aromatic rings. The predicted molar refractivity (Wildman–Crippen MR) is 87.9 cm³/mol. The molecule has 2 aromatic carbocycles. The molecule has 0 radical (unpaired) electrons. The van der Waals surface area contributed by atoms with Crippen LogP contribution in [0.5, 0.6) is 5.75 Å². The monoisotopic (exact) mass is 350 g/mol. The molecule has 126 valence electrons. The highest BCUT2D eigenvalue weighted by Gasteiger charge is 2.15. The number of rotatable bonds is 5. The lowest BCUT2D eigenvalue weighted by Crippen LogP contribution is -2.47. The van der Waals surface area contributed by atoms with Gasteiger partial charge in [-0.15, -0.1) is 0 Å². The predicted octanol–water partition coefficient (Wildman–Crippen LogP) is 2.64. The molecule has 1 unspecified atom stereocenters. The number of ether oxygens (including phenoxy) is 1. The van der Waals surface area contributed by atoms with Crippen molar-refractivity contribution < 1.29 is 18.7 Å². The second-order valence-electron chi connectivity index (χ2n) is 5.05. The van der Waals surface area contributed by atoms with Crippen LogP contribution in [-0.4, -0.2) is 17.9 Å². The van der Waals surface area contributed by atoms with E-state index in [0.29, 0.717) is 10.8 Å². The molecule has 24 heavy (non-hydrogen) atoms. The third-order valence-corrected chi connectivity index (χ3v) is 3.35. The molecule has 0 aromatic heterocycles. The largest absolute Gasteiger partial charge is 0.481 e. The second-order valence-corrected chi connectivity index (χ2v) is 5.49. The zero-order chi connectivity index (χ0) is 17.5. The van der Waals surface area contributed by atoms with Gasteiger partial charge in [-0.3, -0.25) is 20.4 Å². The lowest BCUT2D eigenvalue weighted by molar-refractivity contribution is -0.132. The first-order valence-electron chi connectivity index (χ1n) is 7.19. The number of halogens is 2. The summed E-state index contributed by atoms with van der Waals surface area (Å²) in [7, 11) is 0. The highest BCUT2D eigenvalue weighted by Crippen LogP contribution is 2.13. The van der Waals surface area contributed by atoms with Gasteiger partial charge in [-0.2, -0.15) is 0 Å². The summed E-state index contributed by atoms with van der Waals surface area (Å²) in [5, 5.41) is 0.583. The number of benzene rings is 2. The Morgan fingerprint density at radius 2 is 1.71 bits per heavy atom. The maximum Gasteiger partial charge on any atom is 0.279 e. The summed E-state index contributed by atoms with van der Waals surface area (Å²) >= 11 is 5.77. The molecule has 1 atom stereocenters. The van der Waals surface area contributed by atoms with Crippen LogP contribution >= 0.6 is 11.6 Å². The van der Waals surface area contributed by atoms with Gasteiger partial charge in [0.2, 0.25) is 5.91 Å². The van der Waals surface area contributed by atoms with Crippen LogP contribution in [0.2, 0.25) is 5.02 Å². The summed E-state index contributed by atoms with van der Waals surface area (Å²) in [6, 6.07) is 12.1. The van der Waals surface area contributed by atoms with Gasteiger partial charge in [0.1, 0.15) is 11.6 Å². The molecule has 2 amide bonds. The van der Waals surface area contributed by atoms with Crippen molar-refractivity contribution in [3.63, 3.8) is 0 Å². The Morgan fingerprint density at radius 1 is 1.08 bits per heavy atom. The lowest BCUT2D eigenvalue weighted by atomic mass is 10.1. The maximum atomic E-state index is 12.8. The minimum absolute atomic E-state index is 0.102. The maximum absolute atomic E-state index is 12.8. The minimum atomic E-state index is -0.855. The summed E-state index contributed by atoms with van der Waals surface area (Å²) < 4.78 is 18.2. The Hall–Kier alpha value is -2.60. The van der Waals surface area contributed by atoms with Gasteiger partial charge in [0.15, 0.2) is 6.10 Å². The fraction of sp³-hybridized carbons (Fsp3) is 0.176. The summed E-state index contributed by atoms with van der Waals surface area (Å²) in [5.41, 5.74) is 5.36. The minimum Gasteiger partial charge on any atom is -0.481 e. The number of amides is 2. The second kappa shape index (κ2) is 8.31. The number of hydrogen-bond donors (Lipinski definition) is 2. The lowest BCUT2D eigenvalue weighted by Gasteiger charge is -2.15. The van der Waals surface area contributed by atoms with E-state index in [4.69, 9.17) is 16.3 Å². The zero-order valence-electron chi connectivity index (χ0n) is 12.9. The first kappa shape index (κ1) is 17.7. The SMILES string of the molecule is CC(Oc1ccc(F)cc1)C(=O)NNC(=O)Cc1ccc(Cl)cc1. The molecule has 2 rings (SSSR count). The van der Waals surface area contributed by atoms with Crippen molar-refractivity contribution in [1.29, 1.82) is 0 Å². The van der Waals surface area contributed by atoms with E-state index in [1.807, 2.05) is 0 Å².